The molecule has 0 radical (unpaired) electrons. The van der Waals surface area contributed by atoms with E-state index < -0.39 is 0 Å². The first-order valence-electron chi connectivity index (χ1n) is 6.53. The third kappa shape index (κ3) is 3.31. The number of likely N-dealkylation sites (N-methyl/N-ethyl adjacent to an activating group) is 1. The van der Waals surface area contributed by atoms with Crippen molar-refractivity contribution < 1.29 is 4.74 Å². The van der Waals surface area contributed by atoms with Crippen molar-refractivity contribution in [3.8, 4) is 0 Å². The Balaban J connectivity index is 2.26. The van der Waals surface area contributed by atoms with Crippen LogP contribution >= 0.6 is 27.5 Å². The van der Waals surface area contributed by atoms with Crippen LogP contribution in [-0.4, -0.2) is 37.2 Å². The van der Waals surface area contributed by atoms with Gasteiger partial charge in [-0.25, -0.2) is 0 Å². The number of hydrogen-bond donors (Lipinski definition) is 1. The predicted octanol–water partition coefficient (Wildman–Crippen LogP) is 3.21. The summed E-state index contributed by atoms with van der Waals surface area (Å²) >= 11 is 9.82. The van der Waals surface area contributed by atoms with E-state index in [1.807, 2.05) is 12.1 Å². The maximum Gasteiger partial charge on any atom is 0.0703 e. The Bertz CT molecular complexity index is 443. The lowest BCUT2D eigenvalue weighted by molar-refractivity contribution is 0.0686. The molecule has 0 spiro atoms. The van der Waals surface area contributed by atoms with Crippen molar-refractivity contribution >= 4 is 27.5 Å². The molecule has 1 aliphatic rings. The molecule has 0 amide bonds. The Labute approximate surface area is 128 Å². The first kappa shape index (κ1) is 15.3. The van der Waals surface area contributed by atoms with Crippen LogP contribution in [0.2, 0.25) is 5.02 Å². The highest BCUT2D eigenvalue weighted by Crippen LogP contribution is 2.32. The highest BCUT2D eigenvalue weighted by molar-refractivity contribution is 9.10. The molecule has 1 fully saturated rings. The lowest BCUT2D eigenvalue weighted by atomic mass is 10.0. The second-order valence-corrected chi connectivity index (χ2v) is 6.34. The molecular weight excluding hydrogens is 328 g/mol. The van der Waals surface area contributed by atoms with Crippen molar-refractivity contribution in [2.24, 2.45) is 5.73 Å². The second kappa shape index (κ2) is 6.55. The number of benzene rings is 1. The highest BCUT2D eigenvalue weighted by atomic mass is 79.9. The number of nitrogens with zero attached hydrogens (tertiary/aromatic N) is 1. The van der Waals surface area contributed by atoms with Gasteiger partial charge in [0, 0.05) is 34.7 Å². The van der Waals surface area contributed by atoms with Crippen LogP contribution in [0.3, 0.4) is 0 Å². The van der Waals surface area contributed by atoms with E-state index in [9.17, 15) is 0 Å². The molecule has 5 heteroatoms. The lowest BCUT2D eigenvalue weighted by Gasteiger charge is -2.34. The summed E-state index contributed by atoms with van der Waals surface area (Å²) in [5.74, 6) is 0. The van der Waals surface area contributed by atoms with Crippen LogP contribution in [0.5, 0.6) is 0 Å². The third-order valence-electron chi connectivity index (χ3n) is 3.89. The fraction of sp³-hybridized carbons (Fsp3) is 0.571. The van der Waals surface area contributed by atoms with Crippen LogP contribution in [0, 0.1) is 0 Å². The minimum atomic E-state index is 0.110. The molecule has 1 aliphatic heterocycles. The standard InChI is InChI=1S/C14H20BrClN2O/c1-9-13(5-6-19-9)18(2)14(8-17)11-7-10(15)3-4-12(11)16/h3-4,7,9,13-14H,5-6,8,17H2,1-2H3. The zero-order valence-corrected chi connectivity index (χ0v) is 13.6. The normalized spacial score (nSPS) is 24.9. The van der Waals surface area contributed by atoms with E-state index in [0.29, 0.717) is 12.6 Å². The van der Waals surface area contributed by atoms with Crippen molar-refractivity contribution in [3.05, 3.63) is 33.3 Å². The average molecular weight is 348 g/mol. The van der Waals surface area contributed by atoms with Gasteiger partial charge in [-0.05, 0) is 44.2 Å². The zero-order chi connectivity index (χ0) is 14.0. The van der Waals surface area contributed by atoms with E-state index >= 15 is 0 Å². The Kier molecular flexibility index (Phi) is 5.26. The summed E-state index contributed by atoms with van der Waals surface area (Å²) in [6.07, 6.45) is 1.28. The molecule has 106 valence electrons. The van der Waals surface area contributed by atoms with Gasteiger partial charge in [0.15, 0.2) is 0 Å². The molecule has 2 rings (SSSR count). The summed E-state index contributed by atoms with van der Waals surface area (Å²) in [4.78, 5) is 2.30. The monoisotopic (exact) mass is 346 g/mol. The molecule has 0 aliphatic carbocycles. The first-order valence-corrected chi connectivity index (χ1v) is 7.70. The smallest absolute Gasteiger partial charge is 0.0703 e. The molecule has 0 aromatic heterocycles. The van der Waals surface area contributed by atoms with E-state index in [1.165, 1.54) is 0 Å². The molecule has 0 saturated carbocycles. The third-order valence-corrected chi connectivity index (χ3v) is 4.73. The molecule has 3 atom stereocenters. The largest absolute Gasteiger partial charge is 0.377 e. The fourth-order valence-electron chi connectivity index (χ4n) is 2.77. The van der Waals surface area contributed by atoms with Gasteiger partial charge >= 0.3 is 0 Å². The van der Waals surface area contributed by atoms with Crippen molar-refractivity contribution in [3.63, 3.8) is 0 Å². The maximum atomic E-state index is 6.32. The summed E-state index contributed by atoms with van der Waals surface area (Å²) in [6.45, 7) is 3.47. The van der Waals surface area contributed by atoms with Gasteiger partial charge in [-0.1, -0.05) is 27.5 Å². The van der Waals surface area contributed by atoms with E-state index in [0.717, 1.165) is 28.1 Å². The number of halogens is 2. The van der Waals surface area contributed by atoms with Crippen molar-refractivity contribution in [2.45, 2.75) is 31.5 Å². The summed E-state index contributed by atoms with van der Waals surface area (Å²) in [5, 5.41) is 0.761. The topological polar surface area (TPSA) is 38.5 Å². The van der Waals surface area contributed by atoms with E-state index in [1.54, 1.807) is 0 Å². The maximum absolute atomic E-state index is 6.32. The molecule has 19 heavy (non-hydrogen) atoms. The van der Waals surface area contributed by atoms with Crippen LogP contribution in [-0.2, 0) is 4.74 Å². The van der Waals surface area contributed by atoms with E-state index in [2.05, 4.69) is 40.9 Å². The summed E-state index contributed by atoms with van der Waals surface area (Å²) in [5.41, 5.74) is 7.05. The summed E-state index contributed by atoms with van der Waals surface area (Å²) in [6, 6.07) is 6.41. The van der Waals surface area contributed by atoms with Gasteiger partial charge in [-0.3, -0.25) is 4.90 Å². The van der Waals surface area contributed by atoms with Crippen molar-refractivity contribution in [2.75, 3.05) is 20.2 Å². The van der Waals surface area contributed by atoms with Gasteiger partial charge in [-0.15, -0.1) is 0 Å². The van der Waals surface area contributed by atoms with E-state index in [-0.39, 0.29) is 12.1 Å². The van der Waals surface area contributed by atoms with Crippen molar-refractivity contribution in [1.29, 1.82) is 0 Å². The molecule has 1 aromatic carbocycles. The molecule has 0 bridgehead atoms. The van der Waals surface area contributed by atoms with Gasteiger partial charge in [0.2, 0.25) is 0 Å². The molecule has 1 saturated heterocycles. The molecule has 3 nitrogen and oxygen atoms in total. The Hall–Kier alpha value is -0.130. The number of hydrogen-bond acceptors (Lipinski definition) is 3. The van der Waals surface area contributed by atoms with Gasteiger partial charge in [-0.2, -0.15) is 0 Å². The van der Waals surface area contributed by atoms with Crippen LogP contribution < -0.4 is 5.73 Å². The van der Waals surface area contributed by atoms with Gasteiger partial charge < -0.3 is 10.5 Å². The molecule has 3 unspecified atom stereocenters. The van der Waals surface area contributed by atoms with E-state index in [4.69, 9.17) is 22.1 Å². The second-order valence-electron chi connectivity index (χ2n) is 5.01. The minimum Gasteiger partial charge on any atom is -0.377 e. The van der Waals surface area contributed by atoms with Gasteiger partial charge in [0.25, 0.3) is 0 Å². The quantitative estimate of drug-likeness (QED) is 0.909. The van der Waals surface area contributed by atoms with Crippen LogP contribution in [0.1, 0.15) is 24.9 Å². The Morgan fingerprint density at radius 3 is 2.89 bits per heavy atom. The minimum absolute atomic E-state index is 0.110. The SMILES string of the molecule is CC1OCCC1N(C)C(CN)c1cc(Br)ccc1Cl. The molecule has 2 N–H and O–H groups in total. The average Bonchev–Trinajstić information content (AvgIpc) is 2.80. The zero-order valence-electron chi connectivity index (χ0n) is 11.3. The fourth-order valence-corrected chi connectivity index (χ4v) is 3.39. The van der Waals surface area contributed by atoms with Gasteiger partial charge in [0.05, 0.1) is 6.10 Å². The van der Waals surface area contributed by atoms with Crippen LogP contribution in [0.4, 0.5) is 0 Å². The Morgan fingerprint density at radius 2 is 2.32 bits per heavy atom. The number of rotatable bonds is 4. The predicted molar refractivity (Wildman–Crippen MR) is 82.5 cm³/mol. The van der Waals surface area contributed by atoms with Crippen LogP contribution in [0.25, 0.3) is 0 Å². The molecular formula is C14H20BrClN2O. The van der Waals surface area contributed by atoms with Gasteiger partial charge in [0.1, 0.15) is 0 Å². The lowest BCUT2D eigenvalue weighted by Crippen LogP contribution is -2.42. The molecule has 1 aromatic rings. The highest BCUT2D eigenvalue weighted by Gasteiger charge is 2.32. The first-order chi connectivity index (χ1) is 9.04. The molecule has 1 heterocycles. The van der Waals surface area contributed by atoms with Crippen molar-refractivity contribution in [1.82, 2.24) is 4.90 Å². The van der Waals surface area contributed by atoms with Crippen LogP contribution in [0.15, 0.2) is 22.7 Å². The number of nitrogens with two attached hydrogens (primary N) is 1. The summed E-state index contributed by atoms with van der Waals surface area (Å²) in [7, 11) is 2.10. The Morgan fingerprint density at radius 1 is 1.58 bits per heavy atom. The number of ether oxygens (including phenoxy) is 1. The summed E-state index contributed by atoms with van der Waals surface area (Å²) < 4.78 is 6.67.